The molecule has 1 fully saturated rings. The highest BCUT2D eigenvalue weighted by molar-refractivity contribution is 6.00. The van der Waals surface area contributed by atoms with Crippen molar-refractivity contribution in [3.8, 4) is 0 Å². The molecule has 1 amide bonds. The summed E-state index contributed by atoms with van der Waals surface area (Å²) in [7, 11) is 0. The summed E-state index contributed by atoms with van der Waals surface area (Å²) in [5.41, 5.74) is 9.87. The van der Waals surface area contributed by atoms with Crippen LogP contribution in [0, 0.1) is 6.92 Å². The van der Waals surface area contributed by atoms with Crippen molar-refractivity contribution < 1.29 is 9.36 Å². The monoisotopic (exact) mass is 456 g/mol. The van der Waals surface area contributed by atoms with Gasteiger partial charge in [0.1, 0.15) is 10.9 Å². The van der Waals surface area contributed by atoms with E-state index < -0.39 is 0 Å². The highest BCUT2D eigenvalue weighted by Crippen LogP contribution is 2.28. The van der Waals surface area contributed by atoms with E-state index >= 15 is 0 Å². The molecule has 3 N–H and O–H groups in total. The molecule has 34 heavy (non-hydrogen) atoms. The van der Waals surface area contributed by atoms with Crippen LogP contribution in [0.1, 0.15) is 72.6 Å². The fourth-order valence-electron chi connectivity index (χ4n) is 5.06. The number of fused-ring (bicyclic) bond motifs is 2. The van der Waals surface area contributed by atoms with Crippen LogP contribution < -0.4 is 21.2 Å². The summed E-state index contributed by atoms with van der Waals surface area (Å²) in [5, 5.41) is 3.46. The maximum absolute atomic E-state index is 13.5. The van der Waals surface area contributed by atoms with Crippen molar-refractivity contribution in [2.75, 3.05) is 5.73 Å². The van der Waals surface area contributed by atoms with Gasteiger partial charge in [-0.05, 0) is 57.2 Å². The molecule has 5 rings (SSSR count). The number of carbonyl (C=O) groups excluding carboxylic acids is 1. The van der Waals surface area contributed by atoms with Gasteiger partial charge >= 0.3 is 0 Å². The van der Waals surface area contributed by atoms with Crippen LogP contribution in [0.4, 0.5) is 5.82 Å². The predicted octanol–water partition coefficient (Wildman–Crippen LogP) is 4.02. The molecule has 0 unspecified atom stereocenters. The third kappa shape index (κ3) is 3.81. The predicted molar refractivity (Wildman–Crippen MR) is 133 cm³/mol. The third-order valence-corrected chi connectivity index (χ3v) is 6.95. The molecular formula is C27H30N5O2+. The second-order valence-corrected chi connectivity index (χ2v) is 9.25. The van der Waals surface area contributed by atoms with E-state index in [0.29, 0.717) is 28.1 Å². The molecule has 1 aromatic carbocycles. The second kappa shape index (κ2) is 8.89. The molecule has 0 saturated heterocycles. The number of carbonyl (C=O) groups is 1. The fraction of sp³-hybridized carbons (Fsp3) is 0.333. The largest absolute Gasteiger partial charge is 0.345 e. The first-order valence-corrected chi connectivity index (χ1v) is 12.0. The number of nitrogens with two attached hydrogens (primary N) is 1. The van der Waals surface area contributed by atoms with Crippen molar-refractivity contribution in [3.63, 3.8) is 0 Å². The Kier molecular flexibility index (Phi) is 5.77. The quantitative estimate of drug-likeness (QED) is 0.358. The highest BCUT2D eigenvalue weighted by atomic mass is 16.2. The van der Waals surface area contributed by atoms with Crippen LogP contribution in [0.25, 0.3) is 16.7 Å². The maximum atomic E-state index is 13.5. The lowest BCUT2D eigenvalue weighted by molar-refractivity contribution is -0.689. The Bertz CT molecular complexity index is 1440. The van der Waals surface area contributed by atoms with Gasteiger partial charge in [0, 0.05) is 11.8 Å². The van der Waals surface area contributed by atoms with E-state index in [9.17, 15) is 9.59 Å². The van der Waals surface area contributed by atoms with Crippen molar-refractivity contribution >= 4 is 28.4 Å². The molecule has 7 heteroatoms. The summed E-state index contributed by atoms with van der Waals surface area (Å²) in [6.45, 7) is 3.88. The van der Waals surface area contributed by atoms with E-state index in [-0.39, 0.29) is 23.6 Å². The zero-order chi connectivity index (χ0) is 23.8. The third-order valence-electron chi connectivity index (χ3n) is 6.95. The number of aromatic nitrogens is 3. The van der Waals surface area contributed by atoms with E-state index in [1.807, 2.05) is 60.9 Å². The van der Waals surface area contributed by atoms with Crippen molar-refractivity contribution in [2.24, 2.45) is 0 Å². The summed E-state index contributed by atoms with van der Waals surface area (Å²) >= 11 is 0. The molecule has 4 aromatic rings. The average Bonchev–Trinajstić information content (AvgIpc) is 2.85. The standard InChI is InChI=1S/C27H29N5O2/c1-17-10-9-15-31-24(17)30-25-22(27(31)34)16-21(23(28)32(25)20-13-7-4-8-14-20)26(33)29-18(2)19-11-5-3-6-12-19/h3,5-6,9-12,15-16,18,20,28H,4,7-8,13-14H2,1-2H3,(H,29,33)/p+1/t18-/m1/s1. The van der Waals surface area contributed by atoms with Gasteiger partial charge < -0.3 is 11.1 Å². The van der Waals surface area contributed by atoms with Crippen LogP contribution in [-0.4, -0.2) is 15.3 Å². The topological polar surface area (TPSA) is 93.4 Å². The molecule has 0 spiro atoms. The lowest BCUT2D eigenvalue weighted by atomic mass is 9.94. The Morgan fingerprint density at radius 1 is 1.15 bits per heavy atom. The van der Waals surface area contributed by atoms with Crippen molar-refractivity contribution in [1.82, 2.24) is 14.7 Å². The van der Waals surface area contributed by atoms with E-state index in [0.717, 1.165) is 36.8 Å². The van der Waals surface area contributed by atoms with Gasteiger partial charge in [0.2, 0.25) is 11.5 Å². The zero-order valence-electron chi connectivity index (χ0n) is 19.6. The van der Waals surface area contributed by atoms with Crippen LogP contribution in [0.5, 0.6) is 0 Å². The number of nitrogens with zero attached hydrogens (tertiary/aromatic N) is 3. The number of nitrogen functional groups attached to an aromatic ring is 1. The van der Waals surface area contributed by atoms with Crippen LogP contribution in [0.2, 0.25) is 0 Å². The molecule has 1 atom stereocenters. The number of rotatable bonds is 4. The van der Waals surface area contributed by atoms with E-state index in [2.05, 4.69) is 5.32 Å². The van der Waals surface area contributed by atoms with Gasteiger partial charge in [0.15, 0.2) is 0 Å². The second-order valence-electron chi connectivity index (χ2n) is 9.25. The van der Waals surface area contributed by atoms with E-state index in [4.69, 9.17) is 10.7 Å². The Morgan fingerprint density at radius 2 is 1.88 bits per heavy atom. The Hall–Kier alpha value is -3.74. The van der Waals surface area contributed by atoms with Crippen molar-refractivity contribution in [1.29, 1.82) is 0 Å². The smallest absolute Gasteiger partial charge is 0.278 e. The number of nitrogens with one attached hydrogen (secondary N) is 1. The number of aryl methyl sites for hydroxylation is 1. The van der Waals surface area contributed by atoms with Gasteiger partial charge in [-0.3, -0.25) is 14.0 Å². The van der Waals surface area contributed by atoms with Gasteiger partial charge in [-0.2, -0.15) is 0 Å². The minimum Gasteiger partial charge on any atom is -0.345 e. The van der Waals surface area contributed by atoms with Gasteiger partial charge in [-0.15, -0.1) is 0 Å². The highest BCUT2D eigenvalue weighted by Gasteiger charge is 2.30. The van der Waals surface area contributed by atoms with E-state index in [1.54, 1.807) is 16.7 Å². The SMILES string of the molecule is Cc1cccn2c(=O)c3cc(C(=O)N[C@H](C)c4ccccc4)c(N)[n+](C4CCCCC4)c3nc12. The Morgan fingerprint density at radius 3 is 2.62 bits per heavy atom. The number of pyridine rings is 2. The summed E-state index contributed by atoms with van der Waals surface area (Å²) in [6, 6.07) is 15.1. The molecule has 0 bridgehead atoms. The average molecular weight is 457 g/mol. The summed E-state index contributed by atoms with van der Waals surface area (Å²) in [4.78, 5) is 31.9. The summed E-state index contributed by atoms with van der Waals surface area (Å²) in [5.74, 6) is 0.0658. The molecule has 3 heterocycles. The molecule has 0 aliphatic heterocycles. The first-order valence-electron chi connectivity index (χ1n) is 12.0. The molecule has 1 saturated carbocycles. The van der Waals surface area contributed by atoms with Gasteiger partial charge in [0.25, 0.3) is 17.1 Å². The van der Waals surface area contributed by atoms with Crippen molar-refractivity contribution in [3.05, 3.63) is 81.8 Å². The zero-order valence-corrected chi connectivity index (χ0v) is 19.6. The Balaban J connectivity index is 1.70. The first-order chi connectivity index (χ1) is 16.5. The number of benzene rings is 1. The number of amides is 1. The van der Waals surface area contributed by atoms with Crippen LogP contribution >= 0.6 is 0 Å². The van der Waals surface area contributed by atoms with Gasteiger partial charge in [-0.1, -0.05) is 47.8 Å². The maximum Gasteiger partial charge on any atom is 0.278 e. The van der Waals surface area contributed by atoms with Crippen LogP contribution in [0.15, 0.2) is 59.5 Å². The molecule has 1 aliphatic rings. The normalized spacial score (nSPS) is 15.5. The number of hydrogen-bond acceptors (Lipinski definition) is 4. The van der Waals surface area contributed by atoms with Gasteiger partial charge in [-0.25, -0.2) is 4.57 Å². The molecular weight excluding hydrogens is 426 g/mol. The van der Waals surface area contributed by atoms with Crippen molar-refractivity contribution in [2.45, 2.75) is 58.0 Å². The number of hydrogen-bond donors (Lipinski definition) is 2. The minimum absolute atomic E-state index is 0.105. The van der Waals surface area contributed by atoms with Crippen LogP contribution in [-0.2, 0) is 0 Å². The Labute approximate surface area is 198 Å². The molecule has 174 valence electrons. The molecule has 1 aliphatic carbocycles. The number of anilines is 1. The lowest BCUT2D eigenvalue weighted by Crippen LogP contribution is -2.47. The van der Waals surface area contributed by atoms with E-state index in [1.165, 1.54) is 6.42 Å². The molecule has 3 aromatic heterocycles. The minimum atomic E-state index is -0.297. The van der Waals surface area contributed by atoms with Gasteiger partial charge in [0.05, 0.1) is 12.1 Å². The summed E-state index contributed by atoms with van der Waals surface area (Å²) in [6.07, 6.45) is 6.98. The fourth-order valence-corrected chi connectivity index (χ4v) is 5.06. The molecule has 0 radical (unpaired) electrons. The first kappa shape index (κ1) is 22.1. The lowest BCUT2D eigenvalue weighted by Gasteiger charge is -2.24. The van der Waals surface area contributed by atoms with Crippen LogP contribution in [0.3, 0.4) is 0 Å². The molecule has 7 nitrogen and oxygen atoms in total. The summed E-state index contributed by atoms with van der Waals surface area (Å²) < 4.78 is 3.50.